The van der Waals surface area contributed by atoms with Crippen LogP contribution in [0.2, 0.25) is 5.02 Å². The Kier molecular flexibility index (Phi) is 23.9. The first-order valence-electron chi connectivity index (χ1n) is 18.2. The van der Waals surface area contributed by atoms with Crippen LogP contribution in [-0.4, -0.2) is 85.2 Å². The molecule has 2 N–H and O–H groups in total. The van der Waals surface area contributed by atoms with Crippen LogP contribution in [0.5, 0.6) is 0 Å². The maximum atomic E-state index is 10.9. The van der Waals surface area contributed by atoms with Crippen LogP contribution >= 0.6 is 11.6 Å². The van der Waals surface area contributed by atoms with E-state index in [4.69, 9.17) is 26.5 Å². The number of amides is 1. The fourth-order valence-corrected chi connectivity index (χ4v) is 6.35. The molecule has 2 aliphatic carbocycles. The molecule has 51 heavy (non-hydrogen) atoms. The van der Waals surface area contributed by atoms with Gasteiger partial charge in [0.2, 0.25) is 6.41 Å². The highest BCUT2D eigenvalue weighted by Crippen LogP contribution is 2.33. The van der Waals surface area contributed by atoms with E-state index in [1.54, 1.807) is 6.92 Å². The Balaban J connectivity index is 0.000000377. The molecule has 0 radical (unpaired) electrons. The van der Waals surface area contributed by atoms with Crippen molar-refractivity contribution in [3.8, 4) is 0 Å². The van der Waals surface area contributed by atoms with Crippen molar-refractivity contribution < 1.29 is 14.3 Å². The fraction of sp³-hybridized carbons (Fsp3) is 0.512. The number of halogens is 1. The zero-order chi connectivity index (χ0) is 38.0. The lowest BCUT2D eigenvalue weighted by atomic mass is 9.98. The number of nitrogens with zero attached hydrogens (tertiary/aromatic N) is 4. The number of imidazole rings is 1. The fourth-order valence-electron chi connectivity index (χ4n) is 6.15. The molecule has 0 spiro atoms. The third-order valence-electron chi connectivity index (χ3n) is 8.92. The molecule has 2 fully saturated rings. The molecule has 2 heterocycles. The second-order valence-corrected chi connectivity index (χ2v) is 12.8. The number of hydrogen-bond acceptors (Lipinski definition) is 7. The van der Waals surface area contributed by atoms with Crippen molar-refractivity contribution in [1.82, 2.24) is 19.4 Å². The molecule has 2 aromatic carbocycles. The average Bonchev–Trinajstić information content (AvgIpc) is 3.51. The van der Waals surface area contributed by atoms with E-state index < -0.39 is 0 Å². The van der Waals surface area contributed by atoms with Crippen molar-refractivity contribution in [2.45, 2.75) is 98.3 Å². The van der Waals surface area contributed by atoms with Gasteiger partial charge in [-0.25, -0.2) is 4.98 Å². The molecular formula is C41H63ClN6O3. The number of fused-ring (bicyclic) bond motifs is 1. The molecule has 3 aromatic rings. The summed E-state index contributed by atoms with van der Waals surface area (Å²) in [6, 6.07) is 15.0. The van der Waals surface area contributed by atoms with Gasteiger partial charge in [-0.3, -0.25) is 9.69 Å². The number of aromatic nitrogens is 2. The molecule has 0 bridgehead atoms. The summed E-state index contributed by atoms with van der Waals surface area (Å²) in [5.41, 5.74) is 7.78. The number of anilines is 1. The predicted octanol–water partition coefficient (Wildman–Crippen LogP) is 8.79. The summed E-state index contributed by atoms with van der Waals surface area (Å²) in [5, 5.41) is 10.0. The first-order valence-corrected chi connectivity index (χ1v) is 18.6. The number of hydrogen-bond donors (Lipinski definition) is 2. The van der Waals surface area contributed by atoms with Gasteiger partial charge in [0.1, 0.15) is 6.79 Å². The number of nitrogens with one attached hydrogen (secondary N) is 2. The topological polar surface area (TPSA) is 104 Å². The number of carbonyl (C=O) groups is 2. The van der Waals surface area contributed by atoms with Crippen LogP contribution in [0.3, 0.4) is 0 Å². The first-order chi connectivity index (χ1) is 24.8. The van der Waals surface area contributed by atoms with Crippen molar-refractivity contribution in [3.63, 3.8) is 0 Å². The molecule has 1 atom stereocenters. The van der Waals surface area contributed by atoms with Crippen molar-refractivity contribution in [1.29, 1.82) is 5.41 Å². The van der Waals surface area contributed by atoms with Crippen LogP contribution in [0.1, 0.15) is 94.6 Å². The second-order valence-electron chi connectivity index (χ2n) is 12.4. The van der Waals surface area contributed by atoms with Gasteiger partial charge < -0.3 is 29.7 Å². The molecule has 10 heteroatoms. The van der Waals surface area contributed by atoms with Crippen LogP contribution in [0.25, 0.3) is 0 Å². The average molecular weight is 723 g/mol. The van der Waals surface area contributed by atoms with Gasteiger partial charge in [0.05, 0.1) is 18.5 Å². The highest BCUT2D eigenvalue weighted by Gasteiger charge is 2.26. The number of piperazine rings is 1. The number of allylic oxidation sites excluding steroid dienone is 1. The Morgan fingerprint density at radius 3 is 2.24 bits per heavy atom. The van der Waals surface area contributed by atoms with Crippen LogP contribution in [-0.2, 0) is 27.3 Å². The highest BCUT2D eigenvalue weighted by atomic mass is 35.5. The predicted molar refractivity (Wildman–Crippen MR) is 214 cm³/mol. The summed E-state index contributed by atoms with van der Waals surface area (Å²) in [4.78, 5) is 27.3. The van der Waals surface area contributed by atoms with Crippen molar-refractivity contribution in [3.05, 3.63) is 94.0 Å². The molecule has 9 nitrogen and oxygen atoms in total. The van der Waals surface area contributed by atoms with E-state index in [2.05, 4.69) is 76.1 Å². The standard InChI is InChI=1S/C17H21ClN2O.C12H15N3.C7H14O.C2H5N.C2H6.CH2O/c1-13-2-3-14-11-15(18)4-5-16(14)17(10-13)20-8-6-19(12-21)7-9-20;1-10-7-14-9-15(10)8-11-4-3-5-12(6-11)13-2;1-8-7-5-3-2-4-6-7;1-2-3;2*1-2/h4-5,10-12,17H,2-3,6-9H2,1H3;3-7,9,13H,8H2,1-2H3;7H,2-6H2,1H3;2-3H,1H3;1-2H3;1H2/t17-;;;;;/m0...../s1. The highest BCUT2D eigenvalue weighted by molar-refractivity contribution is 6.30. The summed E-state index contributed by atoms with van der Waals surface area (Å²) in [5.74, 6) is 0. The second kappa shape index (κ2) is 26.9. The number of aryl methyl sites for hydroxylation is 2. The monoisotopic (exact) mass is 722 g/mol. The summed E-state index contributed by atoms with van der Waals surface area (Å²) in [6.45, 7) is 16.3. The van der Waals surface area contributed by atoms with E-state index in [-0.39, 0.29) is 0 Å². The van der Waals surface area contributed by atoms with Crippen LogP contribution < -0.4 is 5.32 Å². The van der Waals surface area contributed by atoms with E-state index in [9.17, 15) is 4.79 Å². The van der Waals surface area contributed by atoms with Gasteiger partial charge in [-0.05, 0) is 93.6 Å². The van der Waals surface area contributed by atoms with Gasteiger partial charge in [0.25, 0.3) is 0 Å². The van der Waals surface area contributed by atoms with E-state index in [0.29, 0.717) is 12.1 Å². The number of carbonyl (C=O) groups excluding carboxylic acids is 2. The SMILES string of the molecule is C=O.CC.CC1=C[C@H](N2CCN(C=O)CC2)c2ccc(Cl)cc2CC1.CC=N.CNc1cccc(Cn2cncc2C)c1.COC1CCCCC1. The van der Waals surface area contributed by atoms with Gasteiger partial charge in [0.15, 0.2) is 0 Å². The lowest BCUT2D eigenvalue weighted by molar-refractivity contribution is -0.119. The molecule has 6 rings (SSSR count). The third kappa shape index (κ3) is 16.4. The van der Waals surface area contributed by atoms with Crippen molar-refractivity contribution >= 4 is 36.7 Å². The summed E-state index contributed by atoms with van der Waals surface area (Å²) < 4.78 is 7.32. The molecule has 1 saturated heterocycles. The minimum atomic E-state index is 0.313. The van der Waals surface area contributed by atoms with E-state index in [1.807, 2.05) is 58.3 Å². The Morgan fingerprint density at radius 1 is 1.02 bits per heavy atom. The molecule has 1 aromatic heterocycles. The van der Waals surface area contributed by atoms with Crippen LogP contribution in [0, 0.1) is 12.3 Å². The number of ether oxygens (including phenoxy) is 1. The van der Waals surface area contributed by atoms with Gasteiger partial charge in [-0.1, -0.05) is 74.6 Å². The Bertz CT molecular complexity index is 1410. The number of methoxy groups -OCH3 is 1. The number of benzene rings is 2. The molecule has 3 aliphatic rings. The van der Waals surface area contributed by atoms with Gasteiger partial charge in [0, 0.05) is 69.5 Å². The molecule has 1 amide bonds. The molecule has 0 unspecified atom stereocenters. The molecule has 1 saturated carbocycles. The maximum absolute atomic E-state index is 10.9. The van der Waals surface area contributed by atoms with Crippen LogP contribution in [0.15, 0.2) is 66.6 Å². The Hall–Kier alpha value is -3.79. The number of rotatable bonds is 6. The smallest absolute Gasteiger partial charge is 0.209 e. The third-order valence-corrected chi connectivity index (χ3v) is 9.16. The maximum Gasteiger partial charge on any atom is 0.209 e. The Labute approximate surface area is 312 Å². The lowest BCUT2D eigenvalue weighted by Gasteiger charge is -2.37. The van der Waals surface area contributed by atoms with E-state index in [1.165, 1.54) is 66.3 Å². The zero-order valence-corrected chi connectivity index (χ0v) is 32.9. The van der Waals surface area contributed by atoms with E-state index >= 15 is 0 Å². The normalized spacial score (nSPS) is 16.7. The Morgan fingerprint density at radius 2 is 1.69 bits per heavy atom. The van der Waals surface area contributed by atoms with Crippen molar-refractivity contribution in [2.75, 3.05) is 45.7 Å². The zero-order valence-electron chi connectivity index (χ0n) is 32.2. The molecule has 282 valence electrons. The largest absolute Gasteiger partial charge is 0.388 e. The first kappa shape index (κ1) is 45.2. The molecular weight excluding hydrogens is 660 g/mol. The minimum absolute atomic E-state index is 0.313. The summed E-state index contributed by atoms with van der Waals surface area (Å²) in [6.07, 6.45) is 17.8. The quantitative estimate of drug-likeness (QED) is 0.150. The van der Waals surface area contributed by atoms with Gasteiger partial charge in [-0.2, -0.15) is 0 Å². The summed E-state index contributed by atoms with van der Waals surface area (Å²) >= 11 is 6.16. The minimum Gasteiger partial charge on any atom is -0.388 e. The lowest BCUT2D eigenvalue weighted by Crippen LogP contribution is -2.46. The van der Waals surface area contributed by atoms with Crippen LogP contribution in [0.4, 0.5) is 5.69 Å². The van der Waals surface area contributed by atoms with E-state index in [0.717, 1.165) is 62.7 Å². The van der Waals surface area contributed by atoms with Gasteiger partial charge in [-0.15, -0.1) is 0 Å². The molecule has 1 aliphatic heterocycles. The van der Waals surface area contributed by atoms with Crippen molar-refractivity contribution in [2.24, 2.45) is 0 Å². The summed E-state index contributed by atoms with van der Waals surface area (Å²) in [7, 11) is 3.75. The van der Waals surface area contributed by atoms with Gasteiger partial charge >= 0.3 is 0 Å².